The van der Waals surface area contributed by atoms with Crippen LogP contribution >= 0.6 is 11.8 Å². The first-order chi connectivity index (χ1) is 10.7. The van der Waals surface area contributed by atoms with Crippen LogP contribution in [0.2, 0.25) is 0 Å². The summed E-state index contributed by atoms with van der Waals surface area (Å²) >= 11 is 1.46. The van der Waals surface area contributed by atoms with Gasteiger partial charge in [0.15, 0.2) is 5.16 Å². The van der Waals surface area contributed by atoms with E-state index in [0.29, 0.717) is 24.2 Å². The average Bonchev–Trinajstić information content (AvgIpc) is 3.22. The third kappa shape index (κ3) is 2.27. The molecule has 0 radical (unpaired) electrons. The van der Waals surface area contributed by atoms with Gasteiger partial charge in [-0.1, -0.05) is 11.8 Å². The molecule has 0 aromatic carbocycles. The van der Waals surface area contributed by atoms with Crippen molar-refractivity contribution in [3.05, 3.63) is 30.0 Å². The van der Waals surface area contributed by atoms with Gasteiger partial charge in [0.2, 0.25) is 0 Å². The monoisotopic (exact) mass is 320 g/mol. The quantitative estimate of drug-likeness (QED) is 0.845. The Morgan fingerprint density at radius 1 is 1.41 bits per heavy atom. The molecule has 0 amide bonds. The van der Waals surface area contributed by atoms with Gasteiger partial charge in [0.25, 0.3) is 5.91 Å². The van der Waals surface area contributed by atoms with Crippen molar-refractivity contribution in [2.75, 3.05) is 26.3 Å². The second kappa shape index (κ2) is 5.53. The van der Waals surface area contributed by atoms with Crippen LogP contribution < -0.4 is 0 Å². The van der Waals surface area contributed by atoms with Gasteiger partial charge in [-0.05, 0) is 19.1 Å². The number of nitrogens with zero attached hydrogens (tertiary/aromatic N) is 4. The summed E-state index contributed by atoms with van der Waals surface area (Å²) in [6, 6.07) is 3.65. The SMILES string of the molecule is Cc1nc2n(n1)C(=O)C(C(c1ccco1)N1CCOCC1)S2. The van der Waals surface area contributed by atoms with Crippen LogP contribution in [-0.2, 0) is 4.74 Å². The summed E-state index contributed by atoms with van der Waals surface area (Å²) in [5, 5.41) is 4.57. The number of thioether (sulfide) groups is 1. The summed E-state index contributed by atoms with van der Waals surface area (Å²) in [5.41, 5.74) is 0. The van der Waals surface area contributed by atoms with Crippen molar-refractivity contribution >= 4 is 17.7 Å². The number of aryl methyl sites for hydroxylation is 1. The number of furan rings is 1. The van der Waals surface area contributed by atoms with Gasteiger partial charge in [-0.25, -0.2) is 4.98 Å². The highest BCUT2D eigenvalue weighted by Crippen LogP contribution is 2.41. The molecule has 4 rings (SSSR count). The molecule has 2 aromatic rings. The van der Waals surface area contributed by atoms with Gasteiger partial charge < -0.3 is 9.15 Å². The van der Waals surface area contributed by atoms with E-state index < -0.39 is 0 Å². The molecule has 4 heterocycles. The predicted molar refractivity (Wildman–Crippen MR) is 78.9 cm³/mol. The molecule has 0 N–H and O–H groups in total. The van der Waals surface area contributed by atoms with E-state index in [1.165, 1.54) is 16.4 Å². The van der Waals surface area contributed by atoms with E-state index in [9.17, 15) is 4.79 Å². The lowest BCUT2D eigenvalue weighted by molar-refractivity contribution is 0.0108. The summed E-state index contributed by atoms with van der Waals surface area (Å²) in [5.74, 6) is 1.39. The maximum absolute atomic E-state index is 12.7. The fourth-order valence-corrected chi connectivity index (χ4v) is 4.21. The summed E-state index contributed by atoms with van der Waals surface area (Å²) in [7, 11) is 0. The smallest absolute Gasteiger partial charge is 0.265 e. The van der Waals surface area contributed by atoms with E-state index in [1.54, 1.807) is 13.2 Å². The van der Waals surface area contributed by atoms with E-state index in [4.69, 9.17) is 9.15 Å². The Hall–Kier alpha value is -1.64. The molecule has 0 bridgehead atoms. The molecular weight excluding hydrogens is 304 g/mol. The van der Waals surface area contributed by atoms with E-state index in [0.717, 1.165) is 18.8 Å². The van der Waals surface area contributed by atoms with Crippen LogP contribution in [0, 0.1) is 6.92 Å². The Bertz CT molecular complexity index is 678. The standard InChI is InChI=1S/C14H16N4O3S/c1-9-15-14-18(16-9)13(19)12(22-14)11(10-3-2-6-21-10)17-4-7-20-8-5-17/h2-3,6,11-12H,4-5,7-8H2,1H3. The molecule has 1 saturated heterocycles. The van der Waals surface area contributed by atoms with Crippen molar-refractivity contribution < 1.29 is 13.9 Å². The fourth-order valence-electron chi connectivity index (χ4n) is 2.94. The van der Waals surface area contributed by atoms with Crippen LogP contribution in [0.1, 0.15) is 22.4 Å². The Morgan fingerprint density at radius 3 is 2.91 bits per heavy atom. The van der Waals surface area contributed by atoms with Crippen LogP contribution in [0.25, 0.3) is 0 Å². The number of fused-ring (bicyclic) bond motifs is 1. The van der Waals surface area contributed by atoms with Gasteiger partial charge >= 0.3 is 0 Å². The zero-order valence-electron chi connectivity index (χ0n) is 12.1. The van der Waals surface area contributed by atoms with Crippen molar-refractivity contribution in [3.8, 4) is 0 Å². The molecule has 0 spiro atoms. The van der Waals surface area contributed by atoms with E-state index >= 15 is 0 Å². The van der Waals surface area contributed by atoms with Crippen LogP contribution in [-0.4, -0.2) is 57.1 Å². The van der Waals surface area contributed by atoms with Crippen molar-refractivity contribution in [2.24, 2.45) is 0 Å². The molecule has 7 nitrogen and oxygen atoms in total. The third-order valence-corrected chi connectivity index (χ3v) is 5.12. The normalized spacial score (nSPS) is 23.7. The van der Waals surface area contributed by atoms with E-state index in [1.807, 2.05) is 12.1 Å². The number of morpholine rings is 1. The summed E-state index contributed by atoms with van der Waals surface area (Å²) < 4.78 is 12.5. The Labute approximate surface area is 131 Å². The lowest BCUT2D eigenvalue weighted by Gasteiger charge is -2.35. The van der Waals surface area contributed by atoms with Crippen LogP contribution in [0.5, 0.6) is 0 Å². The number of rotatable bonds is 3. The Kier molecular flexibility index (Phi) is 3.51. The molecule has 1 fully saturated rings. The Balaban J connectivity index is 1.67. The Morgan fingerprint density at radius 2 is 2.23 bits per heavy atom. The molecular formula is C14H16N4O3S. The molecule has 0 saturated carbocycles. The molecule has 22 heavy (non-hydrogen) atoms. The molecule has 2 unspecified atom stereocenters. The molecule has 2 atom stereocenters. The van der Waals surface area contributed by atoms with E-state index in [-0.39, 0.29) is 17.2 Å². The first-order valence-electron chi connectivity index (χ1n) is 7.24. The van der Waals surface area contributed by atoms with Crippen molar-refractivity contribution in [1.29, 1.82) is 0 Å². The number of ether oxygens (including phenoxy) is 1. The minimum absolute atomic E-state index is 0.0338. The van der Waals surface area contributed by atoms with Crippen LogP contribution in [0.3, 0.4) is 0 Å². The van der Waals surface area contributed by atoms with Crippen LogP contribution in [0.15, 0.2) is 28.0 Å². The molecule has 8 heteroatoms. The lowest BCUT2D eigenvalue weighted by Crippen LogP contribution is -2.44. The highest BCUT2D eigenvalue weighted by Gasteiger charge is 2.44. The third-order valence-electron chi connectivity index (χ3n) is 3.93. The summed E-state index contributed by atoms with van der Waals surface area (Å²) in [6.45, 7) is 4.70. The summed E-state index contributed by atoms with van der Waals surface area (Å²) in [4.78, 5) is 19.3. The molecule has 2 aliphatic heterocycles. The van der Waals surface area contributed by atoms with Crippen molar-refractivity contribution in [2.45, 2.75) is 23.4 Å². The zero-order chi connectivity index (χ0) is 15.1. The molecule has 116 valence electrons. The van der Waals surface area contributed by atoms with Gasteiger partial charge in [-0.15, -0.1) is 5.10 Å². The average molecular weight is 320 g/mol. The van der Waals surface area contributed by atoms with Gasteiger partial charge in [0, 0.05) is 13.1 Å². The molecule has 2 aliphatic rings. The fraction of sp³-hybridized carbons (Fsp3) is 0.500. The number of carbonyl (C=O) groups is 1. The second-order valence-electron chi connectivity index (χ2n) is 5.34. The molecule has 0 aliphatic carbocycles. The molecule has 2 aromatic heterocycles. The highest BCUT2D eigenvalue weighted by atomic mass is 32.2. The van der Waals surface area contributed by atoms with Gasteiger partial charge in [-0.3, -0.25) is 9.69 Å². The first-order valence-corrected chi connectivity index (χ1v) is 8.12. The number of carbonyl (C=O) groups excluding carboxylic acids is 1. The van der Waals surface area contributed by atoms with Crippen LogP contribution in [0.4, 0.5) is 0 Å². The van der Waals surface area contributed by atoms with Gasteiger partial charge in [0.05, 0.1) is 25.5 Å². The summed E-state index contributed by atoms with van der Waals surface area (Å²) in [6.07, 6.45) is 1.65. The second-order valence-corrected chi connectivity index (χ2v) is 6.45. The lowest BCUT2D eigenvalue weighted by atomic mass is 10.1. The van der Waals surface area contributed by atoms with Gasteiger partial charge in [0.1, 0.15) is 16.8 Å². The predicted octanol–water partition coefficient (Wildman–Crippen LogP) is 1.37. The minimum Gasteiger partial charge on any atom is -0.468 e. The maximum Gasteiger partial charge on any atom is 0.265 e. The maximum atomic E-state index is 12.7. The number of hydrogen-bond donors (Lipinski definition) is 0. The van der Waals surface area contributed by atoms with Gasteiger partial charge in [-0.2, -0.15) is 4.68 Å². The highest BCUT2D eigenvalue weighted by molar-refractivity contribution is 8.00. The number of hydrogen-bond acceptors (Lipinski definition) is 7. The first kappa shape index (κ1) is 14.0. The number of aromatic nitrogens is 3. The van der Waals surface area contributed by atoms with Crippen molar-refractivity contribution in [3.63, 3.8) is 0 Å². The largest absolute Gasteiger partial charge is 0.468 e. The zero-order valence-corrected chi connectivity index (χ0v) is 13.0. The van der Waals surface area contributed by atoms with Crippen molar-refractivity contribution in [1.82, 2.24) is 19.7 Å². The minimum atomic E-state index is -0.292. The van der Waals surface area contributed by atoms with E-state index in [2.05, 4.69) is 15.0 Å². The topological polar surface area (TPSA) is 73.4 Å².